The molecule has 0 bridgehead atoms. The Kier molecular flexibility index (Phi) is 4.83. The summed E-state index contributed by atoms with van der Waals surface area (Å²) in [7, 11) is 0. The number of nitrogens with zero attached hydrogens (tertiary/aromatic N) is 3. The minimum Gasteiger partial charge on any atom is -0.374 e. The Morgan fingerprint density at radius 2 is 1.93 bits per heavy atom. The summed E-state index contributed by atoms with van der Waals surface area (Å²) >= 11 is 0. The molecule has 1 amide bonds. The van der Waals surface area contributed by atoms with Crippen LogP contribution in [-0.2, 0) is 11.3 Å². The van der Waals surface area contributed by atoms with Crippen molar-refractivity contribution in [1.29, 1.82) is 0 Å². The van der Waals surface area contributed by atoms with Crippen LogP contribution < -0.4 is 0 Å². The van der Waals surface area contributed by atoms with Gasteiger partial charge in [0.05, 0.1) is 12.7 Å². The van der Waals surface area contributed by atoms with Crippen LogP contribution in [0, 0.1) is 18.8 Å². The second-order valence-electron chi connectivity index (χ2n) is 7.80. The van der Waals surface area contributed by atoms with Crippen LogP contribution in [0.15, 0.2) is 36.5 Å². The van der Waals surface area contributed by atoms with Crippen molar-refractivity contribution in [2.24, 2.45) is 11.8 Å². The Morgan fingerprint density at radius 1 is 1.19 bits per heavy atom. The van der Waals surface area contributed by atoms with Crippen LogP contribution in [-0.4, -0.2) is 45.7 Å². The second-order valence-corrected chi connectivity index (χ2v) is 7.80. The summed E-state index contributed by atoms with van der Waals surface area (Å²) in [4.78, 5) is 25.8. The Bertz CT molecular complexity index is 846. The van der Waals surface area contributed by atoms with E-state index in [-0.39, 0.29) is 17.9 Å². The van der Waals surface area contributed by atoms with Crippen LogP contribution in [0.2, 0.25) is 0 Å². The number of Topliss-reactive ketones (excluding diaryl/α,β-unsaturated/α-hetero) is 1. The molecule has 1 aromatic carbocycles. The first-order chi connectivity index (χ1) is 13.0. The maximum atomic E-state index is 12.6. The Hall–Kier alpha value is -2.47. The lowest BCUT2D eigenvalue weighted by Crippen LogP contribution is -2.34. The third kappa shape index (κ3) is 3.81. The number of carbonyl (C=O) groups is 2. The molecular formula is C21H25N3O3. The molecule has 1 aromatic heterocycles. The number of fused-ring (bicyclic) bond motifs is 1. The molecule has 1 aliphatic carbocycles. The lowest BCUT2D eigenvalue weighted by atomic mass is 10.0. The summed E-state index contributed by atoms with van der Waals surface area (Å²) in [5.41, 5.74) is 2.79. The first-order valence-electron chi connectivity index (χ1n) is 9.52. The van der Waals surface area contributed by atoms with Gasteiger partial charge in [0.25, 0.3) is 0 Å². The Labute approximate surface area is 159 Å². The molecule has 0 N–H and O–H groups in total. The number of benzene rings is 1. The van der Waals surface area contributed by atoms with E-state index in [0.717, 1.165) is 25.9 Å². The van der Waals surface area contributed by atoms with Gasteiger partial charge in [0.15, 0.2) is 5.78 Å². The zero-order valence-electron chi connectivity index (χ0n) is 15.8. The summed E-state index contributed by atoms with van der Waals surface area (Å²) in [5, 5.41) is 4.08. The molecule has 4 rings (SSSR count). The van der Waals surface area contributed by atoms with Crippen molar-refractivity contribution >= 4 is 11.8 Å². The fourth-order valence-corrected chi connectivity index (χ4v) is 4.32. The highest BCUT2D eigenvalue weighted by atomic mass is 16.5. The topological polar surface area (TPSA) is 64.4 Å². The van der Waals surface area contributed by atoms with Gasteiger partial charge in [0.2, 0.25) is 0 Å². The van der Waals surface area contributed by atoms with Gasteiger partial charge < -0.3 is 9.64 Å². The number of aromatic nitrogens is 2. The van der Waals surface area contributed by atoms with Crippen LogP contribution in [0.1, 0.15) is 41.4 Å². The van der Waals surface area contributed by atoms with Gasteiger partial charge in [0, 0.05) is 26.2 Å². The molecule has 2 fully saturated rings. The fraction of sp³-hybridized carbons (Fsp3) is 0.476. The van der Waals surface area contributed by atoms with E-state index in [1.807, 2.05) is 4.90 Å². The number of hydrogen-bond acceptors (Lipinski definition) is 4. The van der Waals surface area contributed by atoms with Crippen molar-refractivity contribution < 1.29 is 14.3 Å². The van der Waals surface area contributed by atoms with Gasteiger partial charge in [-0.25, -0.2) is 4.79 Å². The molecule has 1 aliphatic heterocycles. The number of rotatable bonds is 4. The Balaban J connectivity index is 1.30. The molecule has 27 heavy (non-hydrogen) atoms. The average molecular weight is 367 g/mol. The van der Waals surface area contributed by atoms with Crippen molar-refractivity contribution in [3.05, 3.63) is 53.3 Å². The number of amides is 1. The zero-order valence-corrected chi connectivity index (χ0v) is 15.8. The largest absolute Gasteiger partial charge is 0.374 e. The molecule has 6 nitrogen and oxygen atoms in total. The van der Waals surface area contributed by atoms with Gasteiger partial charge in [-0.3, -0.25) is 4.79 Å². The second kappa shape index (κ2) is 7.27. The highest BCUT2D eigenvalue weighted by molar-refractivity contribution is 5.92. The molecule has 6 heteroatoms. The monoisotopic (exact) mass is 367 g/mol. The lowest BCUT2D eigenvalue weighted by Gasteiger charge is -2.19. The molecule has 0 spiro atoms. The van der Waals surface area contributed by atoms with E-state index < -0.39 is 0 Å². The highest BCUT2D eigenvalue weighted by Gasteiger charge is 2.43. The number of carbonyl (C=O) groups excluding carboxylic acids is 2. The van der Waals surface area contributed by atoms with E-state index in [9.17, 15) is 9.59 Å². The van der Waals surface area contributed by atoms with Gasteiger partial charge in [-0.15, -0.1) is 0 Å². The molecule has 3 atom stereocenters. The third-order valence-corrected chi connectivity index (χ3v) is 5.69. The van der Waals surface area contributed by atoms with Crippen LogP contribution >= 0.6 is 0 Å². The van der Waals surface area contributed by atoms with Crippen LogP contribution in [0.5, 0.6) is 0 Å². The number of ether oxygens (including phenoxy) is 1. The van der Waals surface area contributed by atoms with Gasteiger partial charge in [-0.2, -0.15) is 9.78 Å². The van der Waals surface area contributed by atoms with Gasteiger partial charge in [-0.05, 0) is 43.2 Å². The van der Waals surface area contributed by atoms with E-state index in [4.69, 9.17) is 4.74 Å². The quantitative estimate of drug-likeness (QED) is 0.778. The van der Waals surface area contributed by atoms with E-state index in [0.29, 0.717) is 24.1 Å². The minimum absolute atomic E-state index is 0.131. The van der Waals surface area contributed by atoms with Crippen molar-refractivity contribution in [2.45, 2.75) is 39.4 Å². The van der Waals surface area contributed by atoms with E-state index in [1.165, 1.54) is 22.7 Å². The maximum Gasteiger partial charge on any atom is 0.344 e. The highest BCUT2D eigenvalue weighted by Crippen LogP contribution is 2.39. The first kappa shape index (κ1) is 17.9. The molecule has 1 unspecified atom stereocenters. The molecule has 1 saturated heterocycles. The molecular weight excluding hydrogens is 342 g/mol. The average Bonchev–Trinajstić information content (AvgIpc) is 3.34. The number of ketones is 1. The molecule has 2 heterocycles. The minimum atomic E-state index is -0.144. The molecule has 2 aliphatic rings. The van der Waals surface area contributed by atoms with Crippen molar-refractivity contribution in [3.63, 3.8) is 0 Å². The third-order valence-electron chi connectivity index (χ3n) is 5.69. The molecule has 2 aromatic rings. The summed E-state index contributed by atoms with van der Waals surface area (Å²) < 4.78 is 7.41. The van der Waals surface area contributed by atoms with Crippen LogP contribution in [0.25, 0.3) is 0 Å². The van der Waals surface area contributed by atoms with Gasteiger partial charge >= 0.3 is 6.03 Å². The van der Waals surface area contributed by atoms with E-state index in [2.05, 4.69) is 36.3 Å². The standard InChI is InChI=1S/C21H25N3O3/c1-14-4-3-5-16(8-14)13-27-19-9-17-11-23(12-18(17)10-19)21(26)24-7-6-20(22-24)15(2)25/h3-8,17-19H,9-13H2,1-2H3/t17-,18+,19?. The van der Waals surface area contributed by atoms with Crippen molar-refractivity contribution in [1.82, 2.24) is 14.7 Å². The molecule has 0 radical (unpaired) electrons. The first-order valence-corrected chi connectivity index (χ1v) is 9.52. The maximum absolute atomic E-state index is 12.6. The van der Waals surface area contributed by atoms with E-state index in [1.54, 1.807) is 12.3 Å². The lowest BCUT2D eigenvalue weighted by molar-refractivity contribution is 0.0383. The zero-order chi connectivity index (χ0) is 19.0. The van der Waals surface area contributed by atoms with Crippen molar-refractivity contribution in [3.8, 4) is 0 Å². The van der Waals surface area contributed by atoms with Crippen LogP contribution in [0.4, 0.5) is 4.79 Å². The predicted octanol–water partition coefficient (Wildman–Crippen LogP) is 3.29. The Morgan fingerprint density at radius 3 is 2.56 bits per heavy atom. The van der Waals surface area contributed by atoms with E-state index >= 15 is 0 Å². The smallest absolute Gasteiger partial charge is 0.344 e. The van der Waals surface area contributed by atoms with Crippen LogP contribution in [0.3, 0.4) is 0 Å². The summed E-state index contributed by atoms with van der Waals surface area (Å²) in [6.07, 6.45) is 3.84. The fourth-order valence-electron chi connectivity index (χ4n) is 4.32. The van der Waals surface area contributed by atoms with Gasteiger partial charge in [0.1, 0.15) is 5.69 Å². The van der Waals surface area contributed by atoms with Gasteiger partial charge in [-0.1, -0.05) is 29.8 Å². The SMILES string of the molecule is CC(=O)c1ccn(C(=O)N2C[C@H]3CC(OCc4cccc(C)c4)C[C@H]3C2)n1. The number of hydrogen-bond donors (Lipinski definition) is 0. The molecule has 142 valence electrons. The normalized spacial score (nSPS) is 24.2. The summed E-state index contributed by atoms with van der Waals surface area (Å²) in [5.74, 6) is 0.840. The summed E-state index contributed by atoms with van der Waals surface area (Å²) in [6, 6.07) is 9.86. The summed E-state index contributed by atoms with van der Waals surface area (Å²) in [6.45, 7) is 5.67. The van der Waals surface area contributed by atoms with Crippen molar-refractivity contribution in [2.75, 3.05) is 13.1 Å². The molecule has 1 saturated carbocycles. The predicted molar refractivity (Wildman–Crippen MR) is 101 cm³/mol. The number of likely N-dealkylation sites (tertiary alicyclic amines) is 1. The number of aryl methyl sites for hydroxylation is 1.